The van der Waals surface area contributed by atoms with Crippen LogP contribution in [0.1, 0.15) is 13.8 Å². The molecule has 2 rings (SSSR count). The van der Waals surface area contributed by atoms with Crippen LogP contribution in [0.2, 0.25) is 0 Å². The summed E-state index contributed by atoms with van der Waals surface area (Å²) in [5.74, 6) is 0.951. The van der Waals surface area contributed by atoms with Gasteiger partial charge in [0.15, 0.2) is 5.76 Å². The van der Waals surface area contributed by atoms with Crippen LogP contribution in [0.3, 0.4) is 0 Å². The van der Waals surface area contributed by atoms with E-state index in [4.69, 9.17) is 23.1 Å². The van der Waals surface area contributed by atoms with Crippen molar-refractivity contribution >= 4 is 11.3 Å². The molecule has 0 aliphatic rings. The van der Waals surface area contributed by atoms with Crippen LogP contribution in [0.25, 0.3) is 11.3 Å². The van der Waals surface area contributed by atoms with Crippen LogP contribution in [-0.4, -0.2) is 13.1 Å². The van der Waals surface area contributed by atoms with E-state index in [1.807, 2.05) is 18.2 Å². The molecule has 2 aromatic rings. The second kappa shape index (κ2) is 8.28. The van der Waals surface area contributed by atoms with Crippen molar-refractivity contribution in [3.63, 3.8) is 0 Å². The molecule has 0 saturated carbocycles. The maximum atomic E-state index is 8.49. The minimum absolute atomic E-state index is 0.951. The summed E-state index contributed by atoms with van der Waals surface area (Å²) in [4.78, 5) is 0.990. The summed E-state index contributed by atoms with van der Waals surface area (Å²) in [6.07, 6.45) is 0. The summed E-state index contributed by atoms with van der Waals surface area (Å²) in [6, 6.07) is 10.2. The lowest BCUT2D eigenvalue weighted by molar-refractivity contribution is -2.00. The van der Waals surface area contributed by atoms with E-state index < -0.39 is 10.2 Å². The predicted octanol–water partition coefficient (Wildman–Crippen LogP) is -1.94. The van der Waals surface area contributed by atoms with Gasteiger partial charge in [0.25, 0.3) is 0 Å². The molecule has 0 radical (unpaired) electrons. The van der Waals surface area contributed by atoms with Gasteiger partial charge in [-0.2, -0.15) is 4.58 Å². The van der Waals surface area contributed by atoms with Gasteiger partial charge in [0, 0.05) is 10.9 Å². The molecule has 0 N–H and O–H groups in total. The quantitative estimate of drug-likeness (QED) is 0.607. The molecule has 0 aliphatic heterocycles. The zero-order valence-corrected chi connectivity index (χ0v) is 13.2. The van der Waals surface area contributed by atoms with Gasteiger partial charge in [-0.3, -0.25) is 0 Å². The number of benzene rings is 1. The molecule has 0 aliphatic carbocycles. The Morgan fingerprint density at radius 2 is 1.57 bits per heavy atom. The van der Waals surface area contributed by atoms with Crippen LogP contribution in [-0.2, 0) is 0 Å². The fraction of sp³-hybridized carbons (Fsp3) is 0.308. The van der Waals surface area contributed by atoms with Crippen molar-refractivity contribution < 1.29 is 33.3 Å². The minimum Gasteiger partial charge on any atom is -0.396 e. The first-order chi connectivity index (χ1) is 9.85. The standard InChI is InChI=1S/C13H16NOS.ClHO4/c1-3-14(4-2)13-15-12(10-16-13)11-8-6-5-7-9-11;2-1(3,4)5/h5-10H,3-4H2,1-2H3;(H,2,3,4,5)/q+1;/p-1. The highest BCUT2D eigenvalue weighted by molar-refractivity contribution is 7.07. The Labute approximate surface area is 128 Å². The Hall–Kier alpha value is -1.22. The van der Waals surface area contributed by atoms with Crippen molar-refractivity contribution in [2.75, 3.05) is 13.1 Å². The Balaban J connectivity index is 0.000000383. The first-order valence-corrected chi connectivity index (χ1v) is 8.30. The Bertz CT molecular complexity index is 591. The van der Waals surface area contributed by atoms with Gasteiger partial charge in [-0.15, -0.1) is 10.2 Å². The maximum Gasteiger partial charge on any atom is 0.430 e. The van der Waals surface area contributed by atoms with Crippen molar-refractivity contribution in [2.24, 2.45) is 0 Å². The number of halogens is 1. The smallest absolute Gasteiger partial charge is 0.396 e. The topological polar surface area (TPSA) is 108 Å². The van der Waals surface area contributed by atoms with E-state index in [2.05, 4.69) is 35.9 Å². The summed E-state index contributed by atoms with van der Waals surface area (Å²) < 4.78 is 42.0. The maximum absolute atomic E-state index is 8.49. The molecule has 1 aromatic carbocycles. The third kappa shape index (κ3) is 6.85. The van der Waals surface area contributed by atoms with Crippen LogP contribution in [0.5, 0.6) is 0 Å². The molecule has 0 saturated heterocycles. The molecule has 1 aromatic heterocycles. The van der Waals surface area contributed by atoms with Crippen molar-refractivity contribution in [1.29, 1.82) is 0 Å². The predicted molar refractivity (Wildman–Crippen MR) is 68.4 cm³/mol. The molecule has 0 amide bonds. The van der Waals surface area contributed by atoms with Crippen LogP contribution in [0.4, 0.5) is 0 Å². The summed E-state index contributed by atoms with van der Waals surface area (Å²) in [5.41, 5.74) is 1.14. The highest BCUT2D eigenvalue weighted by Crippen LogP contribution is 2.18. The summed E-state index contributed by atoms with van der Waals surface area (Å²) >= 11 is 1.66. The average molecular weight is 334 g/mol. The van der Waals surface area contributed by atoms with E-state index in [1.165, 1.54) is 0 Å². The molecule has 6 nitrogen and oxygen atoms in total. The molecule has 0 unspecified atom stereocenters. The molecular weight excluding hydrogens is 318 g/mol. The van der Waals surface area contributed by atoms with Gasteiger partial charge >= 0.3 is 4.87 Å². The van der Waals surface area contributed by atoms with E-state index in [1.54, 1.807) is 11.3 Å². The molecule has 0 atom stereocenters. The molecule has 0 fully saturated rings. The Morgan fingerprint density at radius 3 is 2.05 bits per heavy atom. The number of nitrogens with zero attached hydrogens (tertiary/aromatic N) is 1. The molecule has 116 valence electrons. The second-order valence-electron chi connectivity index (χ2n) is 3.88. The molecule has 21 heavy (non-hydrogen) atoms. The van der Waals surface area contributed by atoms with Gasteiger partial charge in [0.1, 0.15) is 13.1 Å². The summed E-state index contributed by atoms with van der Waals surface area (Å²) in [5, 5.41) is 2.07. The van der Waals surface area contributed by atoms with E-state index in [0.29, 0.717) is 0 Å². The zero-order chi connectivity index (χ0) is 15.9. The van der Waals surface area contributed by atoms with Gasteiger partial charge in [-0.1, -0.05) is 30.3 Å². The normalized spacial score (nSPS) is 10.8. The van der Waals surface area contributed by atoms with E-state index in [-0.39, 0.29) is 0 Å². The molecule has 0 bridgehead atoms. The molecule has 0 spiro atoms. The van der Waals surface area contributed by atoms with Gasteiger partial charge in [0.2, 0.25) is 0 Å². The van der Waals surface area contributed by atoms with Crippen LogP contribution in [0, 0.1) is 10.2 Å². The molecular formula is C13H16ClNO5S. The van der Waals surface area contributed by atoms with Crippen molar-refractivity contribution in [3.05, 3.63) is 40.6 Å². The highest BCUT2D eigenvalue weighted by Gasteiger charge is 2.07. The lowest BCUT2D eigenvalue weighted by Gasteiger charge is -2.17. The van der Waals surface area contributed by atoms with Crippen LogP contribution < -0.4 is 28.1 Å². The minimum atomic E-state index is -4.94. The van der Waals surface area contributed by atoms with E-state index >= 15 is 0 Å². The van der Waals surface area contributed by atoms with Gasteiger partial charge in [-0.05, 0) is 25.2 Å². The fourth-order valence-electron chi connectivity index (χ4n) is 1.60. The summed E-state index contributed by atoms with van der Waals surface area (Å²) in [7, 11) is -4.94. The zero-order valence-electron chi connectivity index (χ0n) is 11.7. The monoisotopic (exact) mass is 333 g/mol. The number of hydrogen-bond donors (Lipinski definition) is 0. The van der Waals surface area contributed by atoms with Gasteiger partial charge < -0.3 is 4.42 Å². The summed E-state index contributed by atoms with van der Waals surface area (Å²) in [6.45, 7) is 6.24. The first kappa shape index (κ1) is 17.8. The average Bonchev–Trinajstić information content (AvgIpc) is 2.89. The first-order valence-electron chi connectivity index (χ1n) is 6.18. The number of hydrogen-bond acceptors (Lipinski definition) is 6. The van der Waals surface area contributed by atoms with Gasteiger partial charge in [0.05, 0.1) is 0 Å². The van der Waals surface area contributed by atoms with Crippen LogP contribution >= 0.6 is 11.3 Å². The molecule has 8 heteroatoms. The SMILES string of the molecule is CC[N+](CC)=c1oc(-c2ccccc2)cs1.[O-][Cl+3]([O-])([O-])[O-]. The lowest BCUT2D eigenvalue weighted by Crippen LogP contribution is -2.68. The van der Waals surface area contributed by atoms with Crippen molar-refractivity contribution in [1.82, 2.24) is 4.58 Å². The van der Waals surface area contributed by atoms with Gasteiger partial charge in [-0.25, -0.2) is 18.6 Å². The van der Waals surface area contributed by atoms with Crippen molar-refractivity contribution in [3.8, 4) is 11.3 Å². The van der Waals surface area contributed by atoms with Crippen molar-refractivity contribution in [2.45, 2.75) is 13.8 Å². The second-order valence-corrected chi connectivity index (χ2v) is 5.46. The largest absolute Gasteiger partial charge is 0.430 e. The Morgan fingerprint density at radius 1 is 1.05 bits per heavy atom. The Kier molecular flexibility index (Phi) is 7.03. The van der Waals surface area contributed by atoms with E-state index in [9.17, 15) is 0 Å². The van der Waals surface area contributed by atoms with Crippen LogP contribution in [0.15, 0.2) is 40.1 Å². The fourth-order valence-corrected chi connectivity index (χ4v) is 2.53. The lowest BCUT2D eigenvalue weighted by atomic mass is 10.2. The third-order valence-electron chi connectivity index (χ3n) is 2.54. The highest BCUT2D eigenvalue weighted by atomic mass is 35.7. The van der Waals surface area contributed by atoms with E-state index in [0.717, 1.165) is 29.3 Å². The molecule has 1 heterocycles. The third-order valence-corrected chi connectivity index (χ3v) is 3.42. The number of rotatable bonds is 3.